The predicted molar refractivity (Wildman–Crippen MR) is 54.1 cm³/mol. The fraction of sp³-hybridized carbons (Fsp3) is 0.444. The number of rotatable bonds is 2. The normalized spacial score (nSPS) is 10.5. The maximum atomic E-state index is 10.7. The summed E-state index contributed by atoms with van der Waals surface area (Å²) in [6.07, 6.45) is 0. The van der Waals surface area contributed by atoms with Gasteiger partial charge in [0, 0.05) is 17.2 Å². The highest BCUT2D eigenvalue weighted by Gasteiger charge is 2.13. The first-order valence-corrected chi connectivity index (χ1v) is 4.95. The molecule has 0 aliphatic carbocycles. The van der Waals surface area contributed by atoms with Crippen molar-refractivity contribution in [1.29, 1.82) is 0 Å². The fourth-order valence-corrected chi connectivity index (χ4v) is 1.96. The zero-order valence-electron chi connectivity index (χ0n) is 7.96. The number of ether oxygens (including phenoxy) is 1. The number of thiophene rings is 1. The Kier molecular flexibility index (Phi) is 2.93. The zero-order valence-corrected chi connectivity index (χ0v) is 8.77. The molecule has 1 aromatic heterocycles. The quantitative estimate of drug-likeness (QED) is 0.744. The van der Waals surface area contributed by atoms with E-state index in [2.05, 4.69) is 13.8 Å². The van der Waals surface area contributed by atoms with Gasteiger partial charge >= 0.3 is 5.97 Å². The third-order valence-electron chi connectivity index (χ3n) is 1.60. The van der Waals surface area contributed by atoms with E-state index < -0.39 is 0 Å². The van der Waals surface area contributed by atoms with Gasteiger partial charge in [0.1, 0.15) is 0 Å². The summed E-state index contributed by atoms with van der Waals surface area (Å²) in [6.45, 7) is 5.48. The smallest absolute Gasteiger partial charge is 0.308 e. The van der Waals surface area contributed by atoms with Crippen molar-refractivity contribution in [2.45, 2.75) is 26.7 Å². The van der Waals surface area contributed by atoms with E-state index in [0.717, 1.165) is 4.88 Å². The highest BCUT2D eigenvalue weighted by Crippen LogP contribution is 2.36. The second kappa shape index (κ2) is 3.79. The van der Waals surface area contributed by atoms with Gasteiger partial charge in [0.2, 0.25) is 0 Å². The third-order valence-corrected chi connectivity index (χ3v) is 2.88. The molecule has 0 saturated carbocycles. The minimum atomic E-state index is -0.334. The minimum Gasteiger partial charge on any atom is -0.424 e. The molecular weight excluding hydrogens is 186 g/mol. The van der Waals surface area contributed by atoms with Crippen LogP contribution in [0.1, 0.15) is 31.6 Å². The van der Waals surface area contributed by atoms with Crippen LogP contribution in [0.2, 0.25) is 0 Å². The van der Waals surface area contributed by atoms with Crippen LogP contribution < -0.4 is 10.5 Å². The standard InChI is InChI=1S/C9H13NO2S/c1-5(2)9-8(10)7(4-13-9)12-6(3)11/h4-5H,10H2,1-3H3. The van der Waals surface area contributed by atoms with E-state index in [1.165, 1.54) is 18.3 Å². The van der Waals surface area contributed by atoms with Gasteiger partial charge in [-0.2, -0.15) is 0 Å². The molecule has 0 aliphatic rings. The molecule has 2 N–H and O–H groups in total. The van der Waals surface area contributed by atoms with Crippen LogP contribution in [0.5, 0.6) is 5.75 Å². The van der Waals surface area contributed by atoms with Crippen LogP contribution >= 0.6 is 11.3 Å². The molecule has 13 heavy (non-hydrogen) atoms. The van der Waals surface area contributed by atoms with E-state index in [4.69, 9.17) is 10.5 Å². The molecule has 0 unspecified atom stereocenters. The maximum Gasteiger partial charge on any atom is 0.308 e. The lowest BCUT2D eigenvalue weighted by Crippen LogP contribution is -2.03. The van der Waals surface area contributed by atoms with Crippen molar-refractivity contribution in [3.05, 3.63) is 10.3 Å². The molecular formula is C9H13NO2S. The number of carbonyl (C=O) groups excluding carboxylic acids is 1. The zero-order chi connectivity index (χ0) is 10.0. The second-order valence-electron chi connectivity index (χ2n) is 3.13. The number of hydrogen-bond donors (Lipinski definition) is 1. The average molecular weight is 199 g/mol. The van der Waals surface area contributed by atoms with Crippen LogP contribution in [0.3, 0.4) is 0 Å². The van der Waals surface area contributed by atoms with Crippen molar-refractivity contribution in [3.63, 3.8) is 0 Å². The highest BCUT2D eigenvalue weighted by molar-refractivity contribution is 7.11. The van der Waals surface area contributed by atoms with E-state index in [-0.39, 0.29) is 5.97 Å². The first-order valence-electron chi connectivity index (χ1n) is 4.07. The molecule has 0 atom stereocenters. The van der Waals surface area contributed by atoms with Gasteiger partial charge in [0.25, 0.3) is 0 Å². The van der Waals surface area contributed by atoms with E-state index >= 15 is 0 Å². The summed E-state index contributed by atoms with van der Waals surface area (Å²) in [6, 6.07) is 0. The molecule has 0 bridgehead atoms. The molecule has 0 fully saturated rings. The van der Waals surface area contributed by atoms with Gasteiger partial charge in [-0.1, -0.05) is 13.8 Å². The molecule has 1 rings (SSSR count). The van der Waals surface area contributed by atoms with Crippen molar-refractivity contribution in [3.8, 4) is 5.75 Å². The van der Waals surface area contributed by atoms with E-state index in [1.54, 1.807) is 5.38 Å². The van der Waals surface area contributed by atoms with Crippen LogP contribution in [0, 0.1) is 0 Å². The van der Waals surface area contributed by atoms with Crippen LogP contribution in [0.15, 0.2) is 5.38 Å². The molecule has 0 aliphatic heterocycles. The number of nitrogen functional groups attached to an aromatic ring is 1. The Morgan fingerprint density at radius 3 is 2.62 bits per heavy atom. The van der Waals surface area contributed by atoms with E-state index in [1.807, 2.05) is 0 Å². The Labute approximate surface area is 81.5 Å². The lowest BCUT2D eigenvalue weighted by Gasteiger charge is -2.03. The van der Waals surface area contributed by atoms with Gasteiger partial charge < -0.3 is 10.5 Å². The molecule has 3 nitrogen and oxygen atoms in total. The van der Waals surface area contributed by atoms with Gasteiger partial charge in [-0.15, -0.1) is 11.3 Å². The number of nitrogens with two attached hydrogens (primary N) is 1. The minimum absolute atomic E-state index is 0.334. The van der Waals surface area contributed by atoms with Crippen molar-refractivity contribution < 1.29 is 9.53 Å². The number of anilines is 1. The monoisotopic (exact) mass is 199 g/mol. The number of esters is 1. The lowest BCUT2D eigenvalue weighted by molar-refractivity contribution is -0.131. The Balaban J connectivity index is 2.92. The van der Waals surface area contributed by atoms with Crippen LogP contribution in [-0.2, 0) is 4.79 Å². The van der Waals surface area contributed by atoms with Crippen molar-refractivity contribution in [2.24, 2.45) is 0 Å². The van der Waals surface area contributed by atoms with Crippen LogP contribution in [-0.4, -0.2) is 5.97 Å². The van der Waals surface area contributed by atoms with Gasteiger partial charge in [-0.3, -0.25) is 4.79 Å². The summed E-state index contributed by atoms with van der Waals surface area (Å²) in [4.78, 5) is 11.7. The Hall–Kier alpha value is -1.03. The Morgan fingerprint density at radius 2 is 2.23 bits per heavy atom. The fourth-order valence-electron chi connectivity index (χ4n) is 1.05. The van der Waals surface area contributed by atoms with E-state index in [9.17, 15) is 4.79 Å². The van der Waals surface area contributed by atoms with E-state index in [0.29, 0.717) is 17.4 Å². The van der Waals surface area contributed by atoms with Gasteiger partial charge in [0.15, 0.2) is 5.75 Å². The highest BCUT2D eigenvalue weighted by atomic mass is 32.1. The largest absolute Gasteiger partial charge is 0.424 e. The van der Waals surface area contributed by atoms with Crippen LogP contribution in [0.4, 0.5) is 5.69 Å². The first kappa shape index (κ1) is 10.1. The molecule has 0 saturated heterocycles. The number of hydrogen-bond acceptors (Lipinski definition) is 4. The van der Waals surface area contributed by atoms with Gasteiger partial charge in [0.05, 0.1) is 5.69 Å². The summed E-state index contributed by atoms with van der Waals surface area (Å²) in [5.41, 5.74) is 6.38. The molecule has 0 amide bonds. The summed E-state index contributed by atoms with van der Waals surface area (Å²) in [5.74, 6) is 0.523. The summed E-state index contributed by atoms with van der Waals surface area (Å²) in [7, 11) is 0. The molecule has 72 valence electrons. The Bertz CT molecular complexity index is 317. The first-order chi connectivity index (χ1) is 6.02. The summed E-state index contributed by atoms with van der Waals surface area (Å²) >= 11 is 1.52. The molecule has 1 heterocycles. The van der Waals surface area contributed by atoms with Gasteiger partial charge in [-0.25, -0.2) is 0 Å². The topological polar surface area (TPSA) is 52.3 Å². The summed E-state index contributed by atoms with van der Waals surface area (Å²) < 4.78 is 4.92. The average Bonchev–Trinajstić information content (AvgIpc) is 2.32. The molecule has 4 heteroatoms. The van der Waals surface area contributed by atoms with Gasteiger partial charge in [-0.05, 0) is 5.92 Å². The summed E-state index contributed by atoms with van der Waals surface area (Å²) in [5, 5.41) is 1.77. The SMILES string of the molecule is CC(=O)Oc1csc(C(C)C)c1N. The van der Waals surface area contributed by atoms with Crippen molar-refractivity contribution in [1.82, 2.24) is 0 Å². The lowest BCUT2D eigenvalue weighted by atomic mass is 10.1. The Morgan fingerprint density at radius 1 is 1.62 bits per heavy atom. The van der Waals surface area contributed by atoms with Crippen LogP contribution in [0.25, 0.3) is 0 Å². The third kappa shape index (κ3) is 2.21. The molecule has 0 aromatic carbocycles. The maximum absolute atomic E-state index is 10.7. The molecule has 0 radical (unpaired) electrons. The molecule has 1 aromatic rings. The van der Waals surface area contributed by atoms with Crippen molar-refractivity contribution in [2.75, 3.05) is 5.73 Å². The molecule has 0 spiro atoms. The predicted octanol–water partition coefficient (Wildman–Crippen LogP) is 2.38. The van der Waals surface area contributed by atoms with Crippen molar-refractivity contribution >= 4 is 23.0 Å². The second-order valence-corrected chi connectivity index (χ2v) is 4.04. The number of carbonyl (C=O) groups is 1.